The van der Waals surface area contributed by atoms with Crippen molar-refractivity contribution in [3.8, 4) is 0 Å². The van der Waals surface area contributed by atoms with Gasteiger partial charge in [0, 0.05) is 24.7 Å². The summed E-state index contributed by atoms with van der Waals surface area (Å²) in [5.41, 5.74) is -0.294. The molecule has 2 aliphatic rings. The fourth-order valence-electron chi connectivity index (χ4n) is 5.68. The lowest BCUT2D eigenvalue weighted by Crippen LogP contribution is -2.47. The highest BCUT2D eigenvalue weighted by Gasteiger charge is 2.69. The molecular formula is C28H29F6N5O. The normalized spacial score (nSPS) is 18.6. The third kappa shape index (κ3) is 4.96. The number of piperidine rings is 1. The van der Waals surface area contributed by atoms with Crippen molar-refractivity contribution in [2.45, 2.75) is 70.8 Å². The van der Waals surface area contributed by atoms with Crippen molar-refractivity contribution in [2.75, 3.05) is 18.4 Å². The van der Waals surface area contributed by atoms with Crippen LogP contribution in [0.15, 0.2) is 30.5 Å². The molecule has 5 rings (SSSR count). The lowest BCUT2D eigenvalue weighted by molar-refractivity contribution is -0.199. The molecule has 40 heavy (non-hydrogen) atoms. The zero-order valence-corrected chi connectivity index (χ0v) is 22.2. The number of carbonyl (C=O) groups excluding carboxylic acids is 1. The quantitative estimate of drug-likeness (QED) is 0.342. The number of hydrogen-bond acceptors (Lipinski definition) is 5. The van der Waals surface area contributed by atoms with Gasteiger partial charge in [-0.05, 0) is 81.2 Å². The van der Waals surface area contributed by atoms with E-state index in [1.165, 1.54) is 17.9 Å². The molecule has 0 unspecified atom stereocenters. The minimum Gasteiger partial charge on any atom is -0.361 e. The Bertz CT molecular complexity index is 1440. The summed E-state index contributed by atoms with van der Waals surface area (Å²) in [6.07, 6.45) is -6.62. The van der Waals surface area contributed by atoms with Gasteiger partial charge in [0.1, 0.15) is 5.41 Å². The van der Waals surface area contributed by atoms with Gasteiger partial charge in [0.05, 0.1) is 22.8 Å². The van der Waals surface area contributed by atoms with Crippen LogP contribution in [0.2, 0.25) is 0 Å². The van der Waals surface area contributed by atoms with E-state index in [0.717, 1.165) is 11.6 Å². The maximum absolute atomic E-state index is 13.5. The zero-order valence-electron chi connectivity index (χ0n) is 22.2. The second-order valence-corrected chi connectivity index (χ2v) is 10.8. The Kier molecular flexibility index (Phi) is 6.94. The molecule has 2 aromatic heterocycles. The summed E-state index contributed by atoms with van der Waals surface area (Å²) in [4.78, 5) is 18.6. The van der Waals surface area contributed by atoms with Gasteiger partial charge in [-0.15, -0.1) is 5.10 Å². The molecule has 1 saturated carbocycles. The van der Waals surface area contributed by atoms with Gasteiger partial charge in [-0.2, -0.15) is 31.4 Å². The molecule has 1 N–H and O–H groups in total. The standard InChI is InChI=1S/C28H29F6N5O/c1-15-20(5-4-6-22(15)27(29,30)31)16(2)36-24-21-13-19(14-35-23(21)17(3)37-38-24)18-7-11-39(12-8-18)25(40)26(9-10-26)28(32,33)34/h4-6,13-14,16,18H,7-12H2,1-3H3,(H,36,38)/t16-/m1/s1. The largest absolute Gasteiger partial charge is 0.416 e. The van der Waals surface area contributed by atoms with E-state index in [1.54, 1.807) is 26.1 Å². The van der Waals surface area contributed by atoms with E-state index >= 15 is 0 Å². The van der Waals surface area contributed by atoms with E-state index in [0.29, 0.717) is 40.8 Å². The fourth-order valence-corrected chi connectivity index (χ4v) is 5.68. The van der Waals surface area contributed by atoms with E-state index in [1.807, 2.05) is 6.07 Å². The molecule has 3 aromatic rings. The van der Waals surface area contributed by atoms with Crippen molar-refractivity contribution in [1.82, 2.24) is 20.1 Å². The number of likely N-dealkylation sites (tertiary alicyclic amines) is 1. The molecule has 2 fully saturated rings. The molecule has 1 amide bonds. The third-order valence-electron chi connectivity index (χ3n) is 8.26. The fraction of sp³-hybridized carbons (Fsp3) is 0.500. The highest BCUT2D eigenvalue weighted by Crippen LogP contribution is 2.59. The molecular weight excluding hydrogens is 536 g/mol. The van der Waals surface area contributed by atoms with Crippen LogP contribution in [-0.2, 0) is 11.0 Å². The van der Waals surface area contributed by atoms with Crippen LogP contribution >= 0.6 is 0 Å². The number of nitrogens with one attached hydrogen (secondary N) is 1. The number of carbonyl (C=O) groups is 1. The van der Waals surface area contributed by atoms with Crippen LogP contribution in [-0.4, -0.2) is 45.3 Å². The first-order valence-corrected chi connectivity index (χ1v) is 13.2. The molecule has 1 atom stereocenters. The number of alkyl halides is 6. The first-order chi connectivity index (χ1) is 18.7. The Hall–Kier alpha value is -3.44. The van der Waals surface area contributed by atoms with Gasteiger partial charge in [0.2, 0.25) is 5.91 Å². The van der Waals surface area contributed by atoms with Gasteiger partial charge < -0.3 is 10.2 Å². The van der Waals surface area contributed by atoms with Crippen molar-refractivity contribution in [3.63, 3.8) is 0 Å². The Morgan fingerprint density at radius 3 is 2.35 bits per heavy atom. The predicted molar refractivity (Wildman–Crippen MR) is 137 cm³/mol. The van der Waals surface area contributed by atoms with Gasteiger partial charge in [-0.1, -0.05) is 12.1 Å². The lowest BCUT2D eigenvalue weighted by atomic mass is 9.89. The maximum Gasteiger partial charge on any atom is 0.416 e. The van der Waals surface area contributed by atoms with E-state index < -0.39 is 35.3 Å². The number of aromatic nitrogens is 3. The molecule has 214 valence electrons. The van der Waals surface area contributed by atoms with E-state index in [4.69, 9.17) is 0 Å². The monoisotopic (exact) mass is 565 g/mol. The molecule has 1 aliphatic carbocycles. The van der Waals surface area contributed by atoms with Crippen LogP contribution < -0.4 is 5.32 Å². The number of rotatable bonds is 5. The number of amides is 1. The highest BCUT2D eigenvalue weighted by molar-refractivity contribution is 5.90. The second-order valence-electron chi connectivity index (χ2n) is 10.8. The Morgan fingerprint density at radius 1 is 1.07 bits per heavy atom. The van der Waals surface area contributed by atoms with Crippen molar-refractivity contribution >= 4 is 22.6 Å². The number of pyridine rings is 1. The molecule has 1 aromatic carbocycles. The molecule has 3 heterocycles. The van der Waals surface area contributed by atoms with Crippen molar-refractivity contribution in [3.05, 3.63) is 58.4 Å². The Morgan fingerprint density at radius 2 is 1.75 bits per heavy atom. The van der Waals surface area contributed by atoms with E-state index in [9.17, 15) is 31.1 Å². The molecule has 1 aliphatic heterocycles. The Labute approximate surface area is 227 Å². The molecule has 0 radical (unpaired) electrons. The molecule has 0 spiro atoms. The smallest absolute Gasteiger partial charge is 0.361 e. The zero-order chi connectivity index (χ0) is 29.0. The molecule has 0 bridgehead atoms. The number of benzene rings is 1. The topological polar surface area (TPSA) is 71.0 Å². The summed E-state index contributed by atoms with van der Waals surface area (Å²) < 4.78 is 80.7. The molecule has 12 heteroatoms. The van der Waals surface area contributed by atoms with Gasteiger partial charge in [-0.25, -0.2) is 0 Å². The highest BCUT2D eigenvalue weighted by atomic mass is 19.4. The predicted octanol–water partition coefficient (Wildman–Crippen LogP) is 6.88. The van der Waals surface area contributed by atoms with Crippen LogP contribution in [0.4, 0.5) is 32.2 Å². The van der Waals surface area contributed by atoms with Crippen LogP contribution in [0.5, 0.6) is 0 Å². The minimum absolute atomic E-state index is 0.0218. The van der Waals surface area contributed by atoms with Gasteiger partial charge in [0.15, 0.2) is 5.82 Å². The number of fused-ring (bicyclic) bond motifs is 1. The van der Waals surface area contributed by atoms with Crippen LogP contribution in [0, 0.1) is 19.3 Å². The molecule has 1 saturated heterocycles. The van der Waals surface area contributed by atoms with Crippen molar-refractivity contribution < 1.29 is 31.1 Å². The van der Waals surface area contributed by atoms with Gasteiger partial charge in [-0.3, -0.25) is 9.78 Å². The minimum atomic E-state index is -4.53. The van der Waals surface area contributed by atoms with E-state index in [-0.39, 0.29) is 37.4 Å². The number of nitrogens with zero attached hydrogens (tertiary/aromatic N) is 4. The summed E-state index contributed by atoms with van der Waals surface area (Å²) in [5, 5.41) is 12.3. The van der Waals surface area contributed by atoms with Gasteiger partial charge >= 0.3 is 12.4 Å². The summed E-state index contributed by atoms with van der Waals surface area (Å²) in [6.45, 7) is 5.39. The third-order valence-corrected chi connectivity index (χ3v) is 8.26. The van der Waals surface area contributed by atoms with Crippen molar-refractivity contribution in [2.24, 2.45) is 5.41 Å². The summed E-state index contributed by atoms with van der Waals surface area (Å²) >= 11 is 0. The first kappa shape index (κ1) is 28.1. The maximum atomic E-state index is 13.5. The van der Waals surface area contributed by atoms with Crippen LogP contribution in [0.1, 0.15) is 72.5 Å². The molecule has 6 nitrogen and oxygen atoms in total. The number of halogens is 6. The van der Waals surface area contributed by atoms with E-state index in [2.05, 4.69) is 20.5 Å². The number of anilines is 1. The first-order valence-electron chi connectivity index (χ1n) is 13.2. The summed E-state index contributed by atoms with van der Waals surface area (Å²) in [5.74, 6) is -0.481. The van der Waals surface area contributed by atoms with Crippen LogP contribution in [0.3, 0.4) is 0 Å². The Balaban J connectivity index is 1.37. The number of hydrogen-bond donors (Lipinski definition) is 1. The van der Waals surface area contributed by atoms with Crippen molar-refractivity contribution in [1.29, 1.82) is 0 Å². The number of aryl methyl sites for hydroxylation is 1. The SMILES string of the molecule is Cc1c([C@@H](C)Nc2nnc(C)c3ncc(C4CCN(C(=O)C5(C(F)(F)F)CC5)CC4)cc23)cccc1C(F)(F)F. The summed E-state index contributed by atoms with van der Waals surface area (Å²) in [6, 6.07) is 5.44. The van der Waals surface area contributed by atoms with Gasteiger partial charge in [0.25, 0.3) is 0 Å². The summed E-state index contributed by atoms with van der Waals surface area (Å²) in [7, 11) is 0. The van der Waals surface area contributed by atoms with Crippen LogP contribution in [0.25, 0.3) is 10.9 Å². The second kappa shape index (κ2) is 9.88. The lowest BCUT2D eigenvalue weighted by Gasteiger charge is -2.35. The average Bonchev–Trinajstić information content (AvgIpc) is 3.72. The average molecular weight is 566 g/mol.